The SMILES string of the molecule is Fc1c(Cl)c(-c2ccccc2)cc2c(NCCCC(F)(F)F)n[nH]c12.O. The highest BCUT2D eigenvalue weighted by molar-refractivity contribution is 6.34. The molecule has 0 aliphatic heterocycles. The van der Waals surface area contributed by atoms with Gasteiger partial charge in [-0.25, -0.2) is 4.39 Å². The van der Waals surface area contributed by atoms with Crippen LogP contribution >= 0.6 is 11.6 Å². The Morgan fingerprint density at radius 3 is 2.50 bits per heavy atom. The Labute approximate surface area is 151 Å². The van der Waals surface area contributed by atoms with E-state index in [1.165, 1.54) is 0 Å². The van der Waals surface area contributed by atoms with Crippen molar-refractivity contribution in [2.45, 2.75) is 19.0 Å². The number of hydrogen-bond acceptors (Lipinski definition) is 2. The summed E-state index contributed by atoms with van der Waals surface area (Å²) in [5.74, 6) is -0.348. The van der Waals surface area contributed by atoms with Gasteiger partial charge >= 0.3 is 6.18 Å². The lowest BCUT2D eigenvalue weighted by Crippen LogP contribution is -2.11. The topological polar surface area (TPSA) is 72.2 Å². The van der Waals surface area contributed by atoms with Crippen LogP contribution in [0.4, 0.5) is 23.4 Å². The summed E-state index contributed by atoms with van der Waals surface area (Å²) in [6, 6.07) is 10.7. The smallest absolute Gasteiger partial charge is 0.389 e. The Kier molecular flexibility index (Phi) is 6.09. The van der Waals surface area contributed by atoms with Gasteiger partial charge < -0.3 is 10.8 Å². The van der Waals surface area contributed by atoms with Crippen molar-refractivity contribution in [1.82, 2.24) is 10.2 Å². The molecule has 0 aliphatic rings. The molecule has 2 aromatic carbocycles. The summed E-state index contributed by atoms with van der Waals surface area (Å²) in [5, 5.41) is 9.70. The molecule has 3 aromatic rings. The predicted octanol–water partition coefficient (Wildman–Crippen LogP) is 4.95. The average Bonchev–Trinajstić information content (AvgIpc) is 2.98. The molecule has 4 nitrogen and oxygen atoms in total. The number of rotatable bonds is 5. The molecule has 1 heterocycles. The van der Waals surface area contributed by atoms with Gasteiger partial charge in [0, 0.05) is 23.9 Å². The van der Waals surface area contributed by atoms with Gasteiger partial charge in [0.2, 0.25) is 0 Å². The third kappa shape index (κ3) is 4.25. The Hall–Kier alpha value is -2.32. The minimum atomic E-state index is -4.20. The van der Waals surface area contributed by atoms with Crippen molar-refractivity contribution in [3.05, 3.63) is 47.2 Å². The zero-order valence-electron chi connectivity index (χ0n) is 13.4. The molecule has 0 unspecified atom stereocenters. The highest BCUT2D eigenvalue weighted by Crippen LogP contribution is 2.36. The standard InChI is InChI=1S/C17H14ClF4N3.H2O/c18-13-11(10-5-2-1-3-6-10)9-12-15(14(13)19)24-25-16(12)23-8-4-7-17(20,21)22;/h1-3,5-6,9H,4,7-8H2,(H2,23,24,25);1H2. The first-order valence-corrected chi connectivity index (χ1v) is 7.97. The first-order valence-electron chi connectivity index (χ1n) is 7.59. The van der Waals surface area contributed by atoms with Gasteiger partial charge in [0.05, 0.1) is 5.02 Å². The van der Waals surface area contributed by atoms with E-state index < -0.39 is 18.4 Å². The Morgan fingerprint density at radius 1 is 1.15 bits per heavy atom. The maximum Gasteiger partial charge on any atom is 0.389 e. The minimum Gasteiger partial charge on any atom is -0.412 e. The second-order valence-corrected chi connectivity index (χ2v) is 5.94. The molecular weight excluding hydrogens is 374 g/mol. The molecule has 3 rings (SSSR count). The van der Waals surface area contributed by atoms with Crippen LogP contribution in [0.2, 0.25) is 5.02 Å². The number of H-pyrrole nitrogens is 1. The molecule has 0 saturated heterocycles. The molecule has 0 bridgehead atoms. The van der Waals surface area contributed by atoms with E-state index in [0.717, 1.165) is 5.56 Å². The zero-order valence-corrected chi connectivity index (χ0v) is 14.2. The fraction of sp³-hybridized carbons (Fsp3) is 0.235. The molecule has 0 spiro atoms. The number of anilines is 1. The summed E-state index contributed by atoms with van der Waals surface area (Å²) in [6.07, 6.45) is -5.19. The fourth-order valence-corrected chi connectivity index (χ4v) is 2.81. The van der Waals surface area contributed by atoms with Gasteiger partial charge in [0.25, 0.3) is 0 Å². The molecule has 9 heteroatoms. The summed E-state index contributed by atoms with van der Waals surface area (Å²) in [7, 11) is 0. The van der Waals surface area contributed by atoms with Crippen molar-refractivity contribution < 1.29 is 23.0 Å². The van der Waals surface area contributed by atoms with E-state index >= 15 is 0 Å². The first kappa shape index (κ1) is 20.0. The van der Waals surface area contributed by atoms with Crippen molar-refractivity contribution in [3.63, 3.8) is 0 Å². The quantitative estimate of drug-likeness (QED) is 0.478. The second kappa shape index (κ2) is 7.92. The number of benzene rings is 2. The zero-order chi connectivity index (χ0) is 18.0. The lowest BCUT2D eigenvalue weighted by atomic mass is 10.0. The highest BCUT2D eigenvalue weighted by Gasteiger charge is 2.26. The summed E-state index contributed by atoms with van der Waals surface area (Å²) in [5.41, 5.74) is 1.34. The lowest BCUT2D eigenvalue weighted by Gasteiger charge is -2.09. The van der Waals surface area contributed by atoms with Crippen LogP contribution < -0.4 is 5.32 Å². The van der Waals surface area contributed by atoms with Crippen molar-refractivity contribution in [1.29, 1.82) is 0 Å². The van der Waals surface area contributed by atoms with Crippen LogP contribution in [0.5, 0.6) is 0 Å². The number of aromatic amines is 1. The number of aromatic nitrogens is 2. The van der Waals surface area contributed by atoms with E-state index in [-0.39, 0.29) is 29.0 Å². The molecule has 0 saturated carbocycles. The van der Waals surface area contributed by atoms with Crippen LogP contribution in [0.15, 0.2) is 36.4 Å². The minimum absolute atomic E-state index is 0. The van der Waals surface area contributed by atoms with Crippen molar-refractivity contribution >= 4 is 28.3 Å². The number of nitrogens with one attached hydrogen (secondary N) is 2. The number of alkyl halides is 3. The van der Waals surface area contributed by atoms with Crippen LogP contribution in [0.3, 0.4) is 0 Å². The summed E-state index contributed by atoms with van der Waals surface area (Å²) >= 11 is 6.12. The fourth-order valence-electron chi connectivity index (χ4n) is 2.55. The number of hydrogen-bond donors (Lipinski definition) is 2. The van der Waals surface area contributed by atoms with E-state index in [1.54, 1.807) is 30.3 Å². The Morgan fingerprint density at radius 2 is 1.85 bits per heavy atom. The predicted molar refractivity (Wildman–Crippen MR) is 93.9 cm³/mol. The van der Waals surface area contributed by atoms with Crippen LogP contribution in [-0.2, 0) is 0 Å². The van der Waals surface area contributed by atoms with Crippen molar-refractivity contribution in [3.8, 4) is 11.1 Å². The maximum atomic E-state index is 14.5. The number of nitrogens with zero attached hydrogens (tertiary/aromatic N) is 1. The Bertz CT molecular complexity index is 881. The van der Waals surface area contributed by atoms with Crippen LogP contribution in [0.25, 0.3) is 22.0 Å². The van der Waals surface area contributed by atoms with E-state index in [4.69, 9.17) is 11.6 Å². The van der Waals surface area contributed by atoms with E-state index in [0.29, 0.717) is 16.8 Å². The molecule has 140 valence electrons. The van der Waals surface area contributed by atoms with Crippen LogP contribution in [0, 0.1) is 5.82 Å². The molecule has 0 fully saturated rings. The average molecular weight is 390 g/mol. The van der Waals surface area contributed by atoms with Crippen LogP contribution in [0.1, 0.15) is 12.8 Å². The summed E-state index contributed by atoms with van der Waals surface area (Å²) < 4.78 is 51.1. The summed E-state index contributed by atoms with van der Waals surface area (Å²) in [6.45, 7) is 0.0738. The lowest BCUT2D eigenvalue weighted by molar-refractivity contribution is -0.134. The highest BCUT2D eigenvalue weighted by atomic mass is 35.5. The largest absolute Gasteiger partial charge is 0.412 e. The van der Waals surface area contributed by atoms with Crippen LogP contribution in [-0.4, -0.2) is 28.4 Å². The second-order valence-electron chi connectivity index (χ2n) is 5.56. The Balaban J connectivity index is 0.00000243. The van der Waals surface area contributed by atoms with Gasteiger partial charge in [0.1, 0.15) is 5.52 Å². The molecule has 0 aliphatic carbocycles. The molecule has 0 atom stereocenters. The van der Waals surface area contributed by atoms with Gasteiger partial charge in [-0.2, -0.15) is 18.3 Å². The van der Waals surface area contributed by atoms with E-state index in [2.05, 4.69) is 15.5 Å². The van der Waals surface area contributed by atoms with Gasteiger partial charge in [-0.05, 0) is 18.1 Å². The molecule has 0 amide bonds. The van der Waals surface area contributed by atoms with Crippen molar-refractivity contribution in [2.24, 2.45) is 0 Å². The number of halogens is 5. The monoisotopic (exact) mass is 389 g/mol. The van der Waals surface area contributed by atoms with Gasteiger partial charge in [0.15, 0.2) is 11.6 Å². The van der Waals surface area contributed by atoms with Gasteiger partial charge in [-0.3, -0.25) is 5.10 Å². The molecule has 1 aromatic heterocycles. The molecule has 4 N–H and O–H groups in total. The summed E-state index contributed by atoms with van der Waals surface area (Å²) in [4.78, 5) is 0. The first-order chi connectivity index (χ1) is 11.9. The molecular formula is C17H16ClF4N3O. The van der Waals surface area contributed by atoms with Gasteiger partial charge in [-0.15, -0.1) is 0 Å². The van der Waals surface area contributed by atoms with Gasteiger partial charge in [-0.1, -0.05) is 41.9 Å². The maximum absolute atomic E-state index is 14.5. The van der Waals surface area contributed by atoms with E-state index in [1.807, 2.05) is 6.07 Å². The normalized spacial score (nSPS) is 11.4. The van der Waals surface area contributed by atoms with Crippen molar-refractivity contribution in [2.75, 3.05) is 11.9 Å². The third-order valence-electron chi connectivity index (χ3n) is 3.76. The van der Waals surface area contributed by atoms with E-state index in [9.17, 15) is 17.6 Å². The number of fused-ring (bicyclic) bond motifs is 1. The molecule has 0 radical (unpaired) electrons. The third-order valence-corrected chi connectivity index (χ3v) is 4.13. The molecule has 26 heavy (non-hydrogen) atoms.